The second-order valence-corrected chi connectivity index (χ2v) is 5.69. The molecule has 1 atom stereocenters. The van der Waals surface area contributed by atoms with E-state index in [1.165, 1.54) is 6.07 Å². The minimum absolute atomic E-state index is 0.272. The van der Waals surface area contributed by atoms with Crippen molar-refractivity contribution in [3.8, 4) is 5.75 Å². The lowest BCUT2D eigenvalue weighted by molar-refractivity contribution is -0.152. The van der Waals surface area contributed by atoms with Gasteiger partial charge in [0.05, 0.1) is 6.61 Å². The monoisotopic (exact) mass is 304 g/mol. The fraction of sp³-hybridized carbons (Fsp3) is 0.412. The normalized spacial score (nSPS) is 12.4. The number of carbonyl (C=O) groups is 1. The third-order valence-electron chi connectivity index (χ3n) is 3.13. The molecular weight excluding hydrogens is 284 g/mol. The average molecular weight is 304 g/mol. The van der Waals surface area contributed by atoms with Gasteiger partial charge in [-0.2, -0.15) is 0 Å². The van der Waals surface area contributed by atoms with Gasteiger partial charge in [0.15, 0.2) is 6.10 Å². The highest BCUT2D eigenvalue weighted by molar-refractivity contribution is 5.81. The van der Waals surface area contributed by atoms with Crippen molar-refractivity contribution < 1.29 is 18.7 Å². The fourth-order valence-electron chi connectivity index (χ4n) is 2.00. The second kappa shape index (κ2) is 6.64. The topological polar surface area (TPSA) is 65.7 Å². The van der Waals surface area contributed by atoms with Crippen molar-refractivity contribution in [2.45, 2.75) is 33.8 Å². The molecule has 1 aromatic carbocycles. The van der Waals surface area contributed by atoms with Crippen LogP contribution in [0.3, 0.4) is 0 Å². The van der Waals surface area contributed by atoms with Gasteiger partial charge in [-0.3, -0.25) is 0 Å². The Bertz CT molecular complexity index is 729. The van der Waals surface area contributed by atoms with Gasteiger partial charge in [0.2, 0.25) is 0 Å². The lowest BCUT2D eigenvalue weighted by Gasteiger charge is -2.15. The molecule has 118 valence electrons. The molecule has 1 aromatic heterocycles. The minimum Gasteiger partial charge on any atom is -0.479 e. The zero-order valence-corrected chi connectivity index (χ0v) is 13.2. The summed E-state index contributed by atoms with van der Waals surface area (Å²) >= 11 is 0. The first-order chi connectivity index (χ1) is 10.4. The summed E-state index contributed by atoms with van der Waals surface area (Å²) in [6, 6.07) is 6.58. The molecule has 2 rings (SSSR count). The third-order valence-corrected chi connectivity index (χ3v) is 3.13. The van der Waals surface area contributed by atoms with E-state index in [9.17, 15) is 9.59 Å². The van der Waals surface area contributed by atoms with E-state index in [2.05, 4.69) is 0 Å². The van der Waals surface area contributed by atoms with Crippen molar-refractivity contribution in [3.05, 3.63) is 40.2 Å². The van der Waals surface area contributed by atoms with E-state index in [0.717, 1.165) is 10.9 Å². The summed E-state index contributed by atoms with van der Waals surface area (Å²) in [5, 5.41) is 0.835. The van der Waals surface area contributed by atoms with Crippen LogP contribution in [0.15, 0.2) is 33.5 Å². The summed E-state index contributed by atoms with van der Waals surface area (Å²) in [7, 11) is 0. The van der Waals surface area contributed by atoms with Crippen LogP contribution in [0.1, 0.15) is 26.3 Å². The summed E-state index contributed by atoms with van der Waals surface area (Å²) in [5.41, 5.74) is 0.860. The predicted molar refractivity (Wildman–Crippen MR) is 83.1 cm³/mol. The first-order valence-electron chi connectivity index (χ1n) is 7.24. The van der Waals surface area contributed by atoms with E-state index < -0.39 is 17.7 Å². The lowest BCUT2D eigenvalue weighted by atomic mass is 10.1. The van der Waals surface area contributed by atoms with E-state index in [-0.39, 0.29) is 5.92 Å². The largest absolute Gasteiger partial charge is 0.479 e. The Balaban J connectivity index is 2.14. The lowest BCUT2D eigenvalue weighted by Crippen LogP contribution is -2.27. The number of fused-ring (bicyclic) bond motifs is 1. The number of hydrogen-bond donors (Lipinski definition) is 0. The van der Waals surface area contributed by atoms with E-state index in [1.54, 1.807) is 25.1 Å². The molecule has 5 heteroatoms. The van der Waals surface area contributed by atoms with Crippen molar-refractivity contribution in [3.63, 3.8) is 0 Å². The molecule has 0 saturated carbocycles. The van der Waals surface area contributed by atoms with Gasteiger partial charge in [-0.15, -0.1) is 0 Å². The molecule has 0 aliphatic carbocycles. The molecule has 1 unspecified atom stereocenters. The summed E-state index contributed by atoms with van der Waals surface area (Å²) in [6.07, 6.45) is -0.729. The van der Waals surface area contributed by atoms with Gasteiger partial charge in [0, 0.05) is 17.5 Å². The highest BCUT2D eigenvalue weighted by atomic mass is 16.6. The number of benzene rings is 1. The molecule has 0 spiro atoms. The maximum Gasteiger partial charge on any atom is 0.347 e. The maximum absolute atomic E-state index is 11.8. The fourth-order valence-corrected chi connectivity index (χ4v) is 2.00. The van der Waals surface area contributed by atoms with Crippen LogP contribution in [0.5, 0.6) is 5.75 Å². The summed E-state index contributed by atoms with van der Waals surface area (Å²) in [5.74, 6) is 0.309. The standard InChI is InChI=1S/C17H20O5/c1-10(2)9-20-17(19)12(4)21-13-5-6-14-11(3)7-16(18)22-15(14)8-13/h5-8,10,12H,9H2,1-4H3. The van der Waals surface area contributed by atoms with Gasteiger partial charge in [-0.05, 0) is 37.5 Å². The molecule has 5 nitrogen and oxygen atoms in total. The van der Waals surface area contributed by atoms with E-state index in [1.807, 2.05) is 20.8 Å². The van der Waals surface area contributed by atoms with Gasteiger partial charge in [0.25, 0.3) is 0 Å². The van der Waals surface area contributed by atoms with Crippen LogP contribution in [-0.2, 0) is 9.53 Å². The average Bonchev–Trinajstić information content (AvgIpc) is 2.43. The van der Waals surface area contributed by atoms with Crippen LogP contribution in [0, 0.1) is 12.8 Å². The van der Waals surface area contributed by atoms with Gasteiger partial charge in [-0.1, -0.05) is 13.8 Å². The molecule has 0 bridgehead atoms. The van der Waals surface area contributed by atoms with Crippen molar-refractivity contribution in [1.82, 2.24) is 0 Å². The highest BCUT2D eigenvalue weighted by Gasteiger charge is 2.17. The van der Waals surface area contributed by atoms with Gasteiger partial charge in [-0.25, -0.2) is 9.59 Å². The molecule has 1 heterocycles. The van der Waals surface area contributed by atoms with Crippen molar-refractivity contribution in [2.24, 2.45) is 5.92 Å². The number of hydrogen-bond acceptors (Lipinski definition) is 5. The van der Waals surface area contributed by atoms with E-state index in [4.69, 9.17) is 13.9 Å². The van der Waals surface area contributed by atoms with Crippen LogP contribution in [0.25, 0.3) is 11.0 Å². The van der Waals surface area contributed by atoms with Gasteiger partial charge >= 0.3 is 11.6 Å². The molecule has 22 heavy (non-hydrogen) atoms. The van der Waals surface area contributed by atoms with Crippen LogP contribution in [0.2, 0.25) is 0 Å². The third kappa shape index (κ3) is 3.87. The quantitative estimate of drug-likeness (QED) is 0.627. The molecule has 2 aromatic rings. The molecule has 0 fully saturated rings. The van der Waals surface area contributed by atoms with Crippen molar-refractivity contribution in [2.75, 3.05) is 6.61 Å². The van der Waals surface area contributed by atoms with Crippen LogP contribution in [0.4, 0.5) is 0 Å². The first kappa shape index (κ1) is 16.1. The van der Waals surface area contributed by atoms with Gasteiger partial charge < -0.3 is 13.9 Å². The minimum atomic E-state index is -0.729. The van der Waals surface area contributed by atoms with E-state index >= 15 is 0 Å². The van der Waals surface area contributed by atoms with Crippen molar-refractivity contribution in [1.29, 1.82) is 0 Å². The Morgan fingerprint density at radius 2 is 1.95 bits per heavy atom. The molecular formula is C17H20O5. The Morgan fingerprint density at radius 3 is 2.64 bits per heavy atom. The molecule has 0 aliphatic rings. The molecule has 0 aliphatic heterocycles. The molecule has 0 N–H and O–H groups in total. The summed E-state index contributed by atoms with van der Waals surface area (Å²) in [6.45, 7) is 7.75. The number of ether oxygens (including phenoxy) is 2. The smallest absolute Gasteiger partial charge is 0.347 e. The summed E-state index contributed by atoms with van der Waals surface area (Å²) < 4.78 is 15.8. The Kier molecular flexibility index (Phi) is 4.85. The zero-order valence-electron chi connectivity index (χ0n) is 13.2. The maximum atomic E-state index is 11.8. The predicted octanol–water partition coefficient (Wildman–Crippen LogP) is 3.07. The molecule has 0 radical (unpaired) electrons. The Morgan fingerprint density at radius 1 is 1.23 bits per heavy atom. The first-order valence-corrected chi connectivity index (χ1v) is 7.24. The van der Waals surface area contributed by atoms with Crippen LogP contribution >= 0.6 is 0 Å². The summed E-state index contributed by atoms with van der Waals surface area (Å²) in [4.78, 5) is 23.2. The Labute approximate surface area is 128 Å². The zero-order chi connectivity index (χ0) is 16.3. The van der Waals surface area contributed by atoms with Crippen LogP contribution < -0.4 is 10.4 Å². The van der Waals surface area contributed by atoms with E-state index in [0.29, 0.717) is 17.9 Å². The molecule has 0 saturated heterocycles. The number of carbonyl (C=O) groups excluding carboxylic acids is 1. The Hall–Kier alpha value is -2.30. The second-order valence-electron chi connectivity index (χ2n) is 5.69. The highest BCUT2D eigenvalue weighted by Crippen LogP contribution is 2.23. The van der Waals surface area contributed by atoms with Crippen LogP contribution in [-0.4, -0.2) is 18.7 Å². The number of rotatable bonds is 5. The number of esters is 1. The van der Waals surface area contributed by atoms with Crippen molar-refractivity contribution >= 4 is 16.9 Å². The SMILES string of the molecule is Cc1cc(=O)oc2cc(OC(C)C(=O)OCC(C)C)ccc12. The molecule has 0 amide bonds. The van der Waals surface area contributed by atoms with Gasteiger partial charge in [0.1, 0.15) is 11.3 Å². The number of aryl methyl sites for hydroxylation is 1.